The lowest BCUT2D eigenvalue weighted by molar-refractivity contribution is -0.140. The third-order valence-electron chi connectivity index (χ3n) is 2.85. The molecular formula is C14H18F4N2O. The zero-order valence-corrected chi connectivity index (χ0v) is 11.9. The Kier molecular flexibility index (Phi) is 6.14. The van der Waals surface area contributed by atoms with Crippen molar-refractivity contribution in [3.63, 3.8) is 0 Å². The van der Waals surface area contributed by atoms with Gasteiger partial charge in [-0.2, -0.15) is 13.2 Å². The minimum Gasteiger partial charge on any atom is -0.352 e. The second kappa shape index (κ2) is 7.40. The summed E-state index contributed by atoms with van der Waals surface area (Å²) in [5, 5.41) is 2.52. The molecule has 1 amide bonds. The molecule has 7 heteroatoms. The second-order valence-electron chi connectivity index (χ2n) is 4.96. The Hall–Kier alpha value is -1.63. The molecule has 21 heavy (non-hydrogen) atoms. The van der Waals surface area contributed by atoms with Crippen LogP contribution in [0.1, 0.15) is 28.8 Å². The molecule has 1 rings (SSSR count). The van der Waals surface area contributed by atoms with Gasteiger partial charge in [-0.3, -0.25) is 4.79 Å². The molecule has 3 nitrogen and oxygen atoms in total. The van der Waals surface area contributed by atoms with Gasteiger partial charge < -0.3 is 10.2 Å². The average Bonchev–Trinajstić information content (AvgIpc) is 2.36. The fraction of sp³-hybridized carbons (Fsp3) is 0.500. The maximum Gasteiger partial charge on any atom is 0.419 e. The van der Waals surface area contributed by atoms with E-state index in [1.165, 1.54) is 0 Å². The van der Waals surface area contributed by atoms with Crippen molar-refractivity contribution in [2.75, 3.05) is 27.2 Å². The minimum atomic E-state index is -4.81. The van der Waals surface area contributed by atoms with Crippen molar-refractivity contribution >= 4 is 5.91 Å². The molecule has 0 aliphatic carbocycles. The smallest absolute Gasteiger partial charge is 0.352 e. The Labute approximate surface area is 120 Å². The van der Waals surface area contributed by atoms with Gasteiger partial charge in [0, 0.05) is 12.1 Å². The maximum absolute atomic E-state index is 13.1. The van der Waals surface area contributed by atoms with Crippen LogP contribution in [0.25, 0.3) is 0 Å². The molecule has 0 bridgehead atoms. The Morgan fingerprint density at radius 1 is 1.24 bits per heavy atom. The summed E-state index contributed by atoms with van der Waals surface area (Å²) in [5.74, 6) is -2.02. The topological polar surface area (TPSA) is 32.3 Å². The lowest BCUT2D eigenvalue weighted by Crippen LogP contribution is -2.25. The van der Waals surface area contributed by atoms with Crippen LogP contribution >= 0.6 is 0 Å². The van der Waals surface area contributed by atoms with Crippen molar-refractivity contribution in [2.24, 2.45) is 0 Å². The van der Waals surface area contributed by atoms with Gasteiger partial charge in [-0.05, 0) is 51.7 Å². The Morgan fingerprint density at radius 2 is 1.90 bits per heavy atom. The first-order valence-electron chi connectivity index (χ1n) is 6.51. The number of rotatable bonds is 6. The standard InChI is InChI=1S/C14H18F4N2O/c1-20(2)8-4-3-7-19-13(21)10-5-6-12(15)11(9-10)14(16,17)18/h5-6,9H,3-4,7-8H2,1-2H3,(H,19,21). The van der Waals surface area contributed by atoms with Crippen LogP contribution < -0.4 is 5.32 Å². The maximum atomic E-state index is 13.1. The van der Waals surface area contributed by atoms with Crippen LogP contribution in [0.2, 0.25) is 0 Å². The largest absolute Gasteiger partial charge is 0.419 e. The van der Waals surface area contributed by atoms with E-state index in [0.29, 0.717) is 18.7 Å². The first-order valence-corrected chi connectivity index (χ1v) is 6.51. The highest BCUT2D eigenvalue weighted by molar-refractivity contribution is 5.94. The molecule has 0 radical (unpaired) electrons. The third-order valence-corrected chi connectivity index (χ3v) is 2.85. The Morgan fingerprint density at radius 3 is 2.48 bits per heavy atom. The summed E-state index contributed by atoms with van der Waals surface area (Å²) >= 11 is 0. The van der Waals surface area contributed by atoms with E-state index >= 15 is 0 Å². The first kappa shape index (κ1) is 17.4. The number of hydrogen-bond donors (Lipinski definition) is 1. The number of carbonyl (C=O) groups excluding carboxylic acids is 1. The van der Waals surface area contributed by atoms with Crippen LogP contribution in [0.5, 0.6) is 0 Å². The van der Waals surface area contributed by atoms with Gasteiger partial charge in [-0.1, -0.05) is 0 Å². The predicted molar refractivity (Wildman–Crippen MR) is 71.5 cm³/mol. The number of alkyl halides is 3. The van der Waals surface area contributed by atoms with Crippen LogP contribution in [0.4, 0.5) is 17.6 Å². The van der Waals surface area contributed by atoms with E-state index in [2.05, 4.69) is 5.32 Å². The number of hydrogen-bond acceptors (Lipinski definition) is 2. The number of nitrogens with zero attached hydrogens (tertiary/aromatic N) is 1. The van der Waals surface area contributed by atoms with Crippen LogP contribution in [0, 0.1) is 5.82 Å². The highest BCUT2D eigenvalue weighted by Gasteiger charge is 2.34. The quantitative estimate of drug-likeness (QED) is 0.647. The van der Waals surface area contributed by atoms with E-state index in [0.717, 1.165) is 25.5 Å². The minimum absolute atomic E-state index is 0.198. The molecule has 0 heterocycles. The van der Waals surface area contributed by atoms with Crippen molar-refractivity contribution in [1.29, 1.82) is 0 Å². The van der Waals surface area contributed by atoms with Crippen LogP contribution in [-0.2, 0) is 6.18 Å². The van der Waals surface area contributed by atoms with Gasteiger partial charge in [0.25, 0.3) is 5.91 Å². The zero-order valence-electron chi connectivity index (χ0n) is 11.9. The zero-order chi connectivity index (χ0) is 16.0. The number of nitrogens with one attached hydrogen (secondary N) is 1. The SMILES string of the molecule is CN(C)CCCCNC(=O)c1ccc(F)c(C(F)(F)F)c1. The first-order chi connectivity index (χ1) is 9.71. The van der Waals surface area contributed by atoms with Crippen molar-refractivity contribution in [3.05, 3.63) is 35.1 Å². The normalized spacial score (nSPS) is 11.8. The van der Waals surface area contributed by atoms with Gasteiger partial charge in [-0.25, -0.2) is 4.39 Å². The van der Waals surface area contributed by atoms with Crippen molar-refractivity contribution < 1.29 is 22.4 Å². The lowest BCUT2D eigenvalue weighted by atomic mass is 10.1. The van der Waals surface area contributed by atoms with Gasteiger partial charge in [-0.15, -0.1) is 0 Å². The molecule has 1 aromatic carbocycles. The summed E-state index contributed by atoms with van der Waals surface area (Å²) < 4.78 is 50.7. The predicted octanol–water partition coefficient (Wildman–Crippen LogP) is 2.92. The number of halogens is 4. The molecule has 0 atom stereocenters. The average molecular weight is 306 g/mol. The molecule has 0 unspecified atom stereocenters. The number of amides is 1. The molecule has 0 saturated carbocycles. The summed E-state index contributed by atoms with van der Waals surface area (Å²) in [6.07, 6.45) is -3.23. The molecule has 0 aliphatic rings. The molecule has 118 valence electrons. The van der Waals surface area contributed by atoms with E-state index in [1.54, 1.807) is 0 Å². The van der Waals surface area contributed by atoms with Crippen molar-refractivity contribution in [1.82, 2.24) is 10.2 Å². The van der Waals surface area contributed by atoms with E-state index < -0.39 is 23.5 Å². The molecule has 0 fully saturated rings. The molecule has 1 N–H and O–H groups in total. The third kappa shape index (κ3) is 5.71. The summed E-state index contributed by atoms with van der Waals surface area (Å²) in [5.41, 5.74) is -1.63. The molecule has 0 spiro atoms. The van der Waals surface area contributed by atoms with Gasteiger partial charge in [0.05, 0.1) is 5.56 Å². The van der Waals surface area contributed by atoms with Crippen molar-refractivity contribution in [2.45, 2.75) is 19.0 Å². The molecule has 0 aromatic heterocycles. The van der Waals surface area contributed by atoms with Gasteiger partial charge in [0.1, 0.15) is 5.82 Å². The summed E-state index contributed by atoms with van der Waals surface area (Å²) in [7, 11) is 3.85. The van der Waals surface area contributed by atoms with Gasteiger partial charge in [0.2, 0.25) is 0 Å². The summed E-state index contributed by atoms with van der Waals surface area (Å²) in [6.45, 7) is 1.23. The summed E-state index contributed by atoms with van der Waals surface area (Å²) in [4.78, 5) is 13.7. The van der Waals surface area contributed by atoms with Crippen LogP contribution in [0.15, 0.2) is 18.2 Å². The Bertz CT molecular complexity index is 486. The van der Waals surface area contributed by atoms with Gasteiger partial charge in [0.15, 0.2) is 0 Å². The van der Waals surface area contributed by atoms with Crippen LogP contribution in [0.3, 0.4) is 0 Å². The molecule has 1 aromatic rings. The molecule has 0 aliphatic heterocycles. The fourth-order valence-corrected chi connectivity index (χ4v) is 1.74. The fourth-order valence-electron chi connectivity index (χ4n) is 1.74. The lowest BCUT2D eigenvalue weighted by Gasteiger charge is -2.11. The number of carbonyl (C=O) groups is 1. The highest BCUT2D eigenvalue weighted by atomic mass is 19.4. The van der Waals surface area contributed by atoms with Gasteiger partial charge >= 0.3 is 6.18 Å². The van der Waals surface area contributed by atoms with E-state index in [1.807, 2.05) is 19.0 Å². The van der Waals surface area contributed by atoms with E-state index in [9.17, 15) is 22.4 Å². The summed E-state index contributed by atoms with van der Waals surface area (Å²) in [6, 6.07) is 2.23. The van der Waals surface area contributed by atoms with E-state index in [4.69, 9.17) is 0 Å². The van der Waals surface area contributed by atoms with E-state index in [-0.39, 0.29) is 5.56 Å². The number of benzene rings is 1. The molecular weight excluding hydrogens is 288 g/mol. The number of unbranched alkanes of at least 4 members (excludes halogenated alkanes) is 1. The highest BCUT2D eigenvalue weighted by Crippen LogP contribution is 2.31. The Balaban J connectivity index is 2.59. The second-order valence-corrected chi connectivity index (χ2v) is 4.96. The van der Waals surface area contributed by atoms with Crippen LogP contribution in [-0.4, -0.2) is 38.0 Å². The van der Waals surface area contributed by atoms with Crippen molar-refractivity contribution in [3.8, 4) is 0 Å². The molecule has 0 saturated heterocycles. The monoisotopic (exact) mass is 306 g/mol.